The number of hydrogen-bond donors (Lipinski definition) is 0. The fourth-order valence-corrected chi connectivity index (χ4v) is 2.13. The molecule has 0 radical (unpaired) electrons. The van der Waals surface area contributed by atoms with Gasteiger partial charge in [-0.25, -0.2) is 0 Å². The van der Waals surface area contributed by atoms with E-state index >= 15 is 0 Å². The molecule has 1 fully saturated rings. The Morgan fingerprint density at radius 1 is 0.952 bits per heavy atom. The number of epoxide rings is 1. The van der Waals surface area contributed by atoms with E-state index in [0.717, 1.165) is 24.2 Å². The molecule has 3 rings (SSSR count). The number of rotatable bonds is 4. The van der Waals surface area contributed by atoms with Crippen molar-refractivity contribution in [2.45, 2.75) is 18.9 Å². The lowest BCUT2D eigenvalue weighted by molar-refractivity contribution is -0.274. The summed E-state index contributed by atoms with van der Waals surface area (Å²) in [5, 5.41) is 0. The van der Waals surface area contributed by atoms with Gasteiger partial charge in [0.15, 0.2) is 0 Å². The molecule has 5 heteroatoms. The maximum Gasteiger partial charge on any atom is 0.573 e. The second kappa shape index (κ2) is 5.41. The van der Waals surface area contributed by atoms with Gasteiger partial charge in [0.2, 0.25) is 0 Å². The fourth-order valence-electron chi connectivity index (χ4n) is 2.13. The second-order valence-corrected chi connectivity index (χ2v) is 4.93. The third-order valence-electron chi connectivity index (χ3n) is 3.24. The Labute approximate surface area is 120 Å². The molecule has 0 saturated carbocycles. The lowest BCUT2D eigenvalue weighted by Gasteiger charge is -2.09. The van der Waals surface area contributed by atoms with Crippen molar-refractivity contribution in [3.05, 3.63) is 54.1 Å². The first-order valence-corrected chi connectivity index (χ1v) is 6.56. The van der Waals surface area contributed by atoms with Crippen molar-refractivity contribution in [3.8, 4) is 16.9 Å². The molecule has 1 aliphatic heterocycles. The number of alkyl halides is 3. The maximum absolute atomic E-state index is 12.1. The molecule has 110 valence electrons. The summed E-state index contributed by atoms with van der Waals surface area (Å²) >= 11 is 0. The minimum Gasteiger partial charge on any atom is -0.406 e. The highest BCUT2D eigenvalue weighted by atomic mass is 19.4. The second-order valence-electron chi connectivity index (χ2n) is 4.93. The molecule has 1 saturated heterocycles. The lowest BCUT2D eigenvalue weighted by Crippen LogP contribution is -2.16. The SMILES string of the molecule is FC(F)(F)Oc1ccc(-c2ccc(CC3CO3)cc2)cc1. The highest BCUT2D eigenvalue weighted by molar-refractivity contribution is 5.64. The first kappa shape index (κ1) is 13.9. The van der Waals surface area contributed by atoms with Crippen LogP contribution in [0.4, 0.5) is 13.2 Å². The summed E-state index contributed by atoms with van der Waals surface area (Å²) < 4.78 is 45.3. The molecule has 1 heterocycles. The molecule has 0 spiro atoms. The molecule has 0 aliphatic carbocycles. The van der Waals surface area contributed by atoms with Gasteiger partial charge in [0.1, 0.15) is 5.75 Å². The van der Waals surface area contributed by atoms with Crippen molar-refractivity contribution in [1.82, 2.24) is 0 Å². The predicted molar refractivity (Wildman–Crippen MR) is 72.0 cm³/mol. The van der Waals surface area contributed by atoms with Gasteiger partial charge in [-0.15, -0.1) is 13.2 Å². The molecule has 1 aliphatic rings. The van der Waals surface area contributed by atoms with Crippen molar-refractivity contribution in [2.24, 2.45) is 0 Å². The predicted octanol–water partition coefficient (Wildman–Crippen LogP) is 4.19. The minimum absolute atomic E-state index is 0.214. The van der Waals surface area contributed by atoms with Gasteiger partial charge in [0.05, 0.1) is 12.7 Å². The van der Waals surface area contributed by atoms with Crippen molar-refractivity contribution >= 4 is 0 Å². The molecule has 0 aromatic heterocycles. The van der Waals surface area contributed by atoms with E-state index in [9.17, 15) is 13.2 Å². The summed E-state index contributed by atoms with van der Waals surface area (Å²) in [5.74, 6) is -0.214. The Morgan fingerprint density at radius 2 is 1.48 bits per heavy atom. The molecular weight excluding hydrogens is 281 g/mol. The maximum atomic E-state index is 12.1. The number of benzene rings is 2. The summed E-state index contributed by atoms with van der Waals surface area (Å²) in [5.41, 5.74) is 2.99. The summed E-state index contributed by atoms with van der Waals surface area (Å²) in [7, 11) is 0. The van der Waals surface area contributed by atoms with E-state index in [-0.39, 0.29) is 5.75 Å². The van der Waals surface area contributed by atoms with Gasteiger partial charge >= 0.3 is 6.36 Å². The molecular formula is C16H13F3O2. The molecule has 0 N–H and O–H groups in total. The van der Waals surface area contributed by atoms with Crippen molar-refractivity contribution in [2.75, 3.05) is 6.61 Å². The van der Waals surface area contributed by atoms with Crippen LogP contribution in [0.1, 0.15) is 5.56 Å². The monoisotopic (exact) mass is 294 g/mol. The van der Waals surface area contributed by atoms with Gasteiger partial charge in [-0.3, -0.25) is 0 Å². The minimum atomic E-state index is -4.66. The Kier molecular flexibility index (Phi) is 3.59. The van der Waals surface area contributed by atoms with E-state index in [1.807, 2.05) is 24.3 Å². The van der Waals surface area contributed by atoms with Crippen LogP contribution in [0.2, 0.25) is 0 Å². The van der Waals surface area contributed by atoms with E-state index in [2.05, 4.69) is 4.74 Å². The number of hydrogen-bond acceptors (Lipinski definition) is 2. The lowest BCUT2D eigenvalue weighted by atomic mass is 10.0. The van der Waals surface area contributed by atoms with Crippen molar-refractivity contribution in [1.29, 1.82) is 0 Å². The molecule has 2 aromatic rings. The quantitative estimate of drug-likeness (QED) is 0.789. The molecule has 1 unspecified atom stereocenters. The normalized spacial score (nSPS) is 17.6. The average Bonchev–Trinajstić information content (AvgIpc) is 3.23. The first-order chi connectivity index (χ1) is 9.99. The Balaban J connectivity index is 1.70. The molecule has 2 aromatic carbocycles. The van der Waals surface area contributed by atoms with Gasteiger partial charge in [-0.05, 0) is 28.8 Å². The highest BCUT2D eigenvalue weighted by Gasteiger charge is 2.30. The van der Waals surface area contributed by atoms with Crippen LogP contribution in [0.5, 0.6) is 5.75 Å². The van der Waals surface area contributed by atoms with Crippen LogP contribution in [0, 0.1) is 0 Å². The standard InChI is InChI=1S/C16H13F3O2/c17-16(18,19)21-14-7-5-13(6-8-14)12-3-1-11(2-4-12)9-15-10-20-15/h1-8,15H,9-10H2. The molecule has 1 atom stereocenters. The summed E-state index contributed by atoms with van der Waals surface area (Å²) in [6.07, 6.45) is -3.41. The van der Waals surface area contributed by atoms with Gasteiger partial charge in [0, 0.05) is 6.42 Å². The van der Waals surface area contributed by atoms with Crippen LogP contribution in [0.15, 0.2) is 48.5 Å². The Bertz CT molecular complexity index is 599. The van der Waals surface area contributed by atoms with E-state index in [4.69, 9.17) is 4.74 Å². The van der Waals surface area contributed by atoms with E-state index in [0.29, 0.717) is 6.10 Å². The zero-order valence-corrected chi connectivity index (χ0v) is 11.1. The smallest absolute Gasteiger partial charge is 0.406 e. The molecule has 0 bridgehead atoms. The average molecular weight is 294 g/mol. The zero-order valence-electron chi connectivity index (χ0n) is 11.1. The van der Waals surface area contributed by atoms with Crippen LogP contribution in [-0.4, -0.2) is 19.1 Å². The van der Waals surface area contributed by atoms with E-state index in [1.165, 1.54) is 17.7 Å². The summed E-state index contributed by atoms with van der Waals surface area (Å²) in [6, 6.07) is 13.8. The Hall–Kier alpha value is -2.01. The van der Waals surface area contributed by atoms with Crippen LogP contribution in [0.3, 0.4) is 0 Å². The van der Waals surface area contributed by atoms with Gasteiger partial charge in [-0.2, -0.15) is 0 Å². The number of ether oxygens (including phenoxy) is 2. The van der Waals surface area contributed by atoms with Crippen LogP contribution in [0.25, 0.3) is 11.1 Å². The van der Waals surface area contributed by atoms with Crippen molar-refractivity contribution in [3.63, 3.8) is 0 Å². The molecule has 21 heavy (non-hydrogen) atoms. The zero-order chi connectivity index (χ0) is 14.9. The topological polar surface area (TPSA) is 21.8 Å². The van der Waals surface area contributed by atoms with Crippen molar-refractivity contribution < 1.29 is 22.6 Å². The van der Waals surface area contributed by atoms with Gasteiger partial charge < -0.3 is 9.47 Å². The first-order valence-electron chi connectivity index (χ1n) is 6.56. The van der Waals surface area contributed by atoms with Gasteiger partial charge in [-0.1, -0.05) is 36.4 Å². The van der Waals surface area contributed by atoms with E-state index < -0.39 is 6.36 Å². The molecule has 2 nitrogen and oxygen atoms in total. The van der Waals surface area contributed by atoms with Crippen LogP contribution in [-0.2, 0) is 11.2 Å². The largest absolute Gasteiger partial charge is 0.573 e. The van der Waals surface area contributed by atoms with E-state index in [1.54, 1.807) is 12.1 Å². The van der Waals surface area contributed by atoms with Gasteiger partial charge in [0.25, 0.3) is 0 Å². The third kappa shape index (κ3) is 3.98. The number of halogens is 3. The molecule has 0 amide bonds. The summed E-state index contributed by atoms with van der Waals surface area (Å²) in [6.45, 7) is 0.822. The van der Waals surface area contributed by atoms with Crippen LogP contribution >= 0.6 is 0 Å². The summed E-state index contributed by atoms with van der Waals surface area (Å²) in [4.78, 5) is 0. The van der Waals surface area contributed by atoms with Crippen LogP contribution < -0.4 is 4.74 Å². The Morgan fingerprint density at radius 3 is 1.95 bits per heavy atom. The highest BCUT2D eigenvalue weighted by Crippen LogP contribution is 2.27. The third-order valence-corrected chi connectivity index (χ3v) is 3.24. The fraction of sp³-hybridized carbons (Fsp3) is 0.250.